The molecule has 0 amide bonds. The maximum Gasteiger partial charge on any atom is 0.446 e. The number of nitrogens with zero attached hydrogens (tertiary/aromatic N) is 5. The van der Waals surface area contributed by atoms with Gasteiger partial charge in [-0.1, -0.05) is 5.16 Å². The third kappa shape index (κ3) is 2.97. The van der Waals surface area contributed by atoms with E-state index >= 15 is 0 Å². The topological polar surface area (TPSA) is 111 Å². The highest BCUT2D eigenvalue weighted by molar-refractivity contribution is 9.10. The molecule has 124 valence electrons. The molecular weight excluding hydrogens is 387 g/mol. The fraction of sp³-hybridized carbons (Fsp3) is 0.154. The Hall–Kier alpha value is -2.82. The van der Waals surface area contributed by atoms with Crippen LogP contribution in [-0.2, 0) is 0 Å². The highest BCUT2D eigenvalue weighted by atomic mass is 79.9. The van der Waals surface area contributed by atoms with Crippen molar-refractivity contribution in [2.45, 2.75) is 0 Å². The summed E-state index contributed by atoms with van der Waals surface area (Å²) >= 11 is 3.07. The van der Waals surface area contributed by atoms with Crippen LogP contribution in [0.2, 0.25) is 0 Å². The van der Waals surface area contributed by atoms with Crippen LogP contribution in [0.15, 0.2) is 41.6 Å². The van der Waals surface area contributed by atoms with E-state index in [2.05, 4.69) is 48.4 Å². The molecule has 11 heteroatoms. The van der Waals surface area contributed by atoms with E-state index in [0.717, 1.165) is 4.57 Å². The fourth-order valence-corrected chi connectivity index (χ4v) is 2.32. The number of benzene rings is 1. The van der Waals surface area contributed by atoms with Gasteiger partial charge in [0.15, 0.2) is 5.69 Å². The first-order valence-corrected chi connectivity index (χ1v) is 7.44. The molecule has 1 N–H and O–H groups in total. The van der Waals surface area contributed by atoms with Crippen LogP contribution >= 0.6 is 15.9 Å². The minimum absolute atomic E-state index is 0.0637. The zero-order valence-corrected chi connectivity index (χ0v) is 13.7. The summed E-state index contributed by atoms with van der Waals surface area (Å²) in [5.74, 6) is -0.895. The van der Waals surface area contributed by atoms with Gasteiger partial charge in [0.25, 0.3) is 0 Å². The van der Waals surface area contributed by atoms with Crippen molar-refractivity contribution in [2.24, 2.45) is 4.99 Å². The second-order valence-corrected chi connectivity index (χ2v) is 5.40. The SMILES string of the molecule is C=NCCNc1nonc1-c1noc(=O)n1-c1ccc(F)c(Br)c1. The number of nitrogens with one attached hydrogen (secondary N) is 1. The summed E-state index contributed by atoms with van der Waals surface area (Å²) < 4.78 is 24.1. The summed E-state index contributed by atoms with van der Waals surface area (Å²) in [4.78, 5) is 15.7. The number of aliphatic imine (C=N–C) groups is 1. The molecule has 0 saturated heterocycles. The molecular formula is C13H10BrFN6O3. The first kappa shape index (κ1) is 16.1. The minimum atomic E-state index is -0.759. The van der Waals surface area contributed by atoms with Crippen molar-refractivity contribution in [3.05, 3.63) is 39.0 Å². The molecule has 0 spiro atoms. The molecule has 3 rings (SSSR count). The monoisotopic (exact) mass is 396 g/mol. The zero-order chi connectivity index (χ0) is 17.1. The van der Waals surface area contributed by atoms with Crippen molar-refractivity contribution < 1.29 is 13.5 Å². The van der Waals surface area contributed by atoms with Gasteiger partial charge in [-0.3, -0.25) is 9.52 Å². The first-order chi connectivity index (χ1) is 11.6. The Balaban J connectivity index is 2.05. The highest BCUT2D eigenvalue weighted by Crippen LogP contribution is 2.25. The van der Waals surface area contributed by atoms with Gasteiger partial charge in [0, 0.05) is 6.54 Å². The molecule has 0 fully saturated rings. The van der Waals surface area contributed by atoms with Crippen molar-refractivity contribution in [2.75, 3.05) is 18.4 Å². The molecule has 0 bridgehead atoms. The predicted molar refractivity (Wildman–Crippen MR) is 86.0 cm³/mol. The second kappa shape index (κ2) is 6.74. The van der Waals surface area contributed by atoms with Gasteiger partial charge in [-0.15, -0.1) is 0 Å². The average molecular weight is 397 g/mol. The lowest BCUT2D eigenvalue weighted by Gasteiger charge is -2.05. The number of rotatable bonds is 6. The molecule has 0 radical (unpaired) electrons. The number of halogens is 2. The van der Waals surface area contributed by atoms with Crippen molar-refractivity contribution in [1.29, 1.82) is 0 Å². The largest absolute Gasteiger partial charge is 0.446 e. The molecule has 24 heavy (non-hydrogen) atoms. The Morgan fingerprint density at radius 3 is 2.96 bits per heavy atom. The van der Waals surface area contributed by atoms with E-state index in [-0.39, 0.29) is 21.8 Å². The first-order valence-electron chi connectivity index (χ1n) is 6.65. The van der Waals surface area contributed by atoms with E-state index < -0.39 is 11.6 Å². The van der Waals surface area contributed by atoms with Gasteiger partial charge < -0.3 is 5.32 Å². The smallest absolute Gasteiger partial charge is 0.363 e. The quantitative estimate of drug-likeness (QED) is 0.500. The van der Waals surface area contributed by atoms with E-state index in [1.165, 1.54) is 18.2 Å². The van der Waals surface area contributed by atoms with Crippen LogP contribution < -0.4 is 11.1 Å². The van der Waals surface area contributed by atoms with Gasteiger partial charge in [-0.25, -0.2) is 18.4 Å². The van der Waals surface area contributed by atoms with Gasteiger partial charge in [-0.2, -0.15) is 0 Å². The molecule has 0 saturated carbocycles. The number of hydrogen-bond donors (Lipinski definition) is 1. The maximum atomic E-state index is 13.4. The van der Waals surface area contributed by atoms with Crippen LogP contribution in [0.5, 0.6) is 0 Å². The lowest BCUT2D eigenvalue weighted by atomic mass is 10.3. The number of aromatic nitrogens is 4. The van der Waals surface area contributed by atoms with E-state index in [0.29, 0.717) is 18.8 Å². The molecule has 2 aromatic heterocycles. The van der Waals surface area contributed by atoms with Gasteiger partial charge in [0.1, 0.15) is 5.82 Å². The van der Waals surface area contributed by atoms with Crippen molar-refractivity contribution in [1.82, 2.24) is 20.0 Å². The lowest BCUT2D eigenvalue weighted by Crippen LogP contribution is -2.14. The number of hydrogen-bond acceptors (Lipinski definition) is 8. The fourth-order valence-electron chi connectivity index (χ4n) is 1.96. The average Bonchev–Trinajstić information content (AvgIpc) is 3.17. The number of anilines is 1. The van der Waals surface area contributed by atoms with E-state index in [1.807, 2.05) is 0 Å². The van der Waals surface area contributed by atoms with E-state index in [1.54, 1.807) is 0 Å². The van der Waals surface area contributed by atoms with Gasteiger partial charge in [-0.05, 0) is 51.2 Å². The van der Waals surface area contributed by atoms with Crippen LogP contribution in [0.3, 0.4) is 0 Å². The van der Waals surface area contributed by atoms with Gasteiger partial charge >= 0.3 is 5.76 Å². The van der Waals surface area contributed by atoms with Crippen LogP contribution in [0.4, 0.5) is 10.2 Å². The normalized spacial score (nSPS) is 10.8. The van der Waals surface area contributed by atoms with Gasteiger partial charge in [0.05, 0.1) is 16.7 Å². The predicted octanol–water partition coefficient (Wildman–Crippen LogP) is 1.89. The zero-order valence-electron chi connectivity index (χ0n) is 12.1. The molecule has 2 heterocycles. The molecule has 0 aliphatic heterocycles. The Morgan fingerprint density at radius 2 is 2.21 bits per heavy atom. The van der Waals surface area contributed by atoms with E-state index in [9.17, 15) is 9.18 Å². The van der Waals surface area contributed by atoms with Crippen LogP contribution in [0, 0.1) is 5.82 Å². The summed E-state index contributed by atoms with van der Waals surface area (Å²) in [6.45, 7) is 4.26. The molecule has 1 aromatic carbocycles. The van der Waals surface area contributed by atoms with E-state index in [4.69, 9.17) is 9.15 Å². The standard InChI is InChI=1S/C13H10BrFN6O3/c1-16-4-5-17-11-10(18-24-19-11)12-20-23-13(22)21(12)7-2-3-9(15)8(14)6-7/h2-3,6H,1,4-5H2,(H,17,19). The van der Waals surface area contributed by atoms with Crippen molar-refractivity contribution >= 4 is 28.5 Å². The Kier molecular flexibility index (Phi) is 4.51. The molecule has 0 aliphatic carbocycles. The van der Waals surface area contributed by atoms with Crippen molar-refractivity contribution in [3.8, 4) is 17.2 Å². The highest BCUT2D eigenvalue weighted by Gasteiger charge is 2.22. The van der Waals surface area contributed by atoms with Crippen LogP contribution in [0.25, 0.3) is 17.2 Å². The van der Waals surface area contributed by atoms with Crippen LogP contribution in [-0.4, -0.2) is 39.8 Å². The van der Waals surface area contributed by atoms with Crippen molar-refractivity contribution in [3.63, 3.8) is 0 Å². The molecule has 0 aliphatic rings. The third-order valence-electron chi connectivity index (χ3n) is 3.03. The Bertz CT molecular complexity index is 934. The maximum absolute atomic E-state index is 13.4. The van der Waals surface area contributed by atoms with Crippen LogP contribution in [0.1, 0.15) is 0 Å². The summed E-state index contributed by atoms with van der Waals surface area (Å²) in [6.07, 6.45) is 0. The summed E-state index contributed by atoms with van der Waals surface area (Å²) in [5.41, 5.74) is 0.511. The third-order valence-corrected chi connectivity index (χ3v) is 3.64. The Morgan fingerprint density at radius 1 is 1.38 bits per heavy atom. The molecule has 3 aromatic rings. The molecule has 0 atom stereocenters. The molecule has 9 nitrogen and oxygen atoms in total. The second-order valence-electron chi connectivity index (χ2n) is 4.54. The summed E-state index contributed by atoms with van der Waals surface area (Å²) in [7, 11) is 0. The summed E-state index contributed by atoms with van der Waals surface area (Å²) in [5, 5.41) is 14.1. The summed E-state index contributed by atoms with van der Waals surface area (Å²) in [6, 6.07) is 4.03. The van der Waals surface area contributed by atoms with Gasteiger partial charge in [0.2, 0.25) is 11.6 Å². The molecule has 0 unspecified atom stereocenters. The Labute approximate surface area is 142 Å². The lowest BCUT2D eigenvalue weighted by molar-refractivity contribution is 0.309. The minimum Gasteiger partial charge on any atom is -0.363 e.